The van der Waals surface area contributed by atoms with Gasteiger partial charge >= 0.3 is 0 Å². The summed E-state index contributed by atoms with van der Waals surface area (Å²) in [5.74, 6) is 0.657. The number of nitrogens with zero attached hydrogens (tertiary/aromatic N) is 2. The Morgan fingerprint density at radius 2 is 2.24 bits per heavy atom. The number of fused-ring (bicyclic) bond motifs is 1. The van der Waals surface area contributed by atoms with Crippen molar-refractivity contribution in [2.24, 2.45) is 11.5 Å². The molecule has 1 heterocycles. The first-order valence-electron chi connectivity index (χ1n) is 7.60. The number of nitrogens with two attached hydrogens (primary N) is 2. The van der Waals surface area contributed by atoms with Crippen molar-refractivity contribution < 1.29 is 4.79 Å². The molecule has 0 bridgehead atoms. The lowest BCUT2D eigenvalue weighted by Gasteiger charge is -2.36. The number of hydrogen-bond acceptors (Lipinski definition) is 3. The number of benzene rings is 1. The normalized spacial score (nSPS) is 26.1. The van der Waals surface area contributed by atoms with E-state index in [1.165, 1.54) is 0 Å². The summed E-state index contributed by atoms with van der Waals surface area (Å²) in [7, 11) is 0. The molecule has 0 aliphatic heterocycles. The molecular formula is C16H22N4O. The molecule has 1 aliphatic rings. The molecule has 5 nitrogen and oxygen atoms in total. The molecule has 1 amide bonds. The van der Waals surface area contributed by atoms with Crippen LogP contribution in [0.5, 0.6) is 0 Å². The van der Waals surface area contributed by atoms with Crippen LogP contribution in [0.3, 0.4) is 0 Å². The summed E-state index contributed by atoms with van der Waals surface area (Å²) >= 11 is 0. The number of carbonyl (C=O) groups is 1. The Labute approximate surface area is 124 Å². The van der Waals surface area contributed by atoms with E-state index in [-0.39, 0.29) is 6.04 Å². The van der Waals surface area contributed by atoms with Gasteiger partial charge in [0.2, 0.25) is 5.91 Å². The third-order valence-corrected chi connectivity index (χ3v) is 4.60. The molecule has 3 rings (SSSR count). The SMILES string of the molecule is CCc1nc2ccccc2n1C1CCCC(N)(C(N)=O)C1. The van der Waals surface area contributed by atoms with E-state index in [1.54, 1.807) is 0 Å². The number of aromatic nitrogens is 2. The number of amides is 1. The summed E-state index contributed by atoms with van der Waals surface area (Å²) in [5, 5.41) is 0. The second-order valence-corrected chi connectivity index (χ2v) is 6.01. The average molecular weight is 286 g/mol. The van der Waals surface area contributed by atoms with Gasteiger partial charge in [0.05, 0.1) is 16.6 Å². The van der Waals surface area contributed by atoms with Crippen molar-refractivity contribution >= 4 is 16.9 Å². The molecule has 1 aromatic carbocycles. The second-order valence-electron chi connectivity index (χ2n) is 6.01. The molecule has 2 unspecified atom stereocenters. The van der Waals surface area contributed by atoms with Gasteiger partial charge in [0, 0.05) is 12.5 Å². The summed E-state index contributed by atoms with van der Waals surface area (Å²) in [6, 6.07) is 8.32. The first-order chi connectivity index (χ1) is 10.0. The first-order valence-corrected chi connectivity index (χ1v) is 7.60. The largest absolute Gasteiger partial charge is 0.368 e. The number of imidazole rings is 1. The van der Waals surface area contributed by atoms with Crippen molar-refractivity contribution in [3.63, 3.8) is 0 Å². The number of hydrogen-bond donors (Lipinski definition) is 2. The molecule has 0 radical (unpaired) electrons. The molecule has 1 saturated carbocycles. The van der Waals surface area contributed by atoms with Gasteiger partial charge in [0.25, 0.3) is 0 Å². The zero-order valence-corrected chi connectivity index (χ0v) is 12.4. The fourth-order valence-corrected chi connectivity index (χ4v) is 3.47. The Kier molecular flexibility index (Phi) is 3.45. The topological polar surface area (TPSA) is 86.9 Å². The van der Waals surface area contributed by atoms with E-state index in [1.807, 2.05) is 18.2 Å². The maximum absolute atomic E-state index is 11.7. The first kappa shape index (κ1) is 14.1. The molecule has 5 heteroatoms. The number of aryl methyl sites for hydroxylation is 1. The maximum Gasteiger partial charge on any atom is 0.237 e. The minimum absolute atomic E-state index is 0.193. The van der Waals surface area contributed by atoms with Gasteiger partial charge in [0.1, 0.15) is 5.82 Å². The number of para-hydroxylation sites is 2. The van der Waals surface area contributed by atoms with E-state index in [4.69, 9.17) is 16.5 Å². The standard InChI is InChI=1S/C16H22N4O/c1-2-14-19-12-7-3-4-8-13(12)20(14)11-6-5-9-16(18,10-11)15(17)21/h3-4,7-8,11H,2,5-6,9-10,18H2,1H3,(H2,17,21). The fourth-order valence-electron chi connectivity index (χ4n) is 3.47. The van der Waals surface area contributed by atoms with Crippen molar-refractivity contribution in [3.05, 3.63) is 30.1 Å². The Bertz CT molecular complexity index is 678. The van der Waals surface area contributed by atoms with Gasteiger partial charge in [-0.3, -0.25) is 4.79 Å². The monoisotopic (exact) mass is 286 g/mol. The fraction of sp³-hybridized carbons (Fsp3) is 0.500. The van der Waals surface area contributed by atoms with Gasteiger partial charge in [-0.15, -0.1) is 0 Å². The van der Waals surface area contributed by atoms with Crippen LogP contribution in [-0.2, 0) is 11.2 Å². The van der Waals surface area contributed by atoms with E-state index in [9.17, 15) is 4.79 Å². The highest BCUT2D eigenvalue weighted by atomic mass is 16.1. The molecule has 0 saturated heterocycles. The third kappa shape index (κ3) is 2.31. The third-order valence-electron chi connectivity index (χ3n) is 4.60. The van der Waals surface area contributed by atoms with E-state index in [0.717, 1.165) is 36.1 Å². The summed E-state index contributed by atoms with van der Waals surface area (Å²) in [6.45, 7) is 2.10. The minimum atomic E-state index is -0.890. The molecule has 1 fully saturated rings. The number of primary amides is 1. The molecule has 4 N–H and O–H groups in total. The molecule has 0 spiro atoms. The Morgan fingerprint density at radius 1 is 1.48 bits per heavy atom. The molecule has 2 aromatic rings. The van der Waals surface area contributed by atoms with Gasteiger partial charge in [-0.1, -0.05) is 19.1 Å². The molecule has 2 atom stereocenters. The van der Waals surface area contributed by atoms with E-state index >= 15 is 0 Å². The van der Waals surface area contributed by atoms with Crippen LogP contribution in [0.25, 0.3) is 11.0 Å². The lowest BCUT2D eigenvalue weighted by molar-refractivity contribution is -0.124. The van der Waals surface area contributed by atoms with Crippen LogP contribution in [0.15, 0.2) is 24.3 Å². The van der Waals surface area contributed by atoms with Crippen LogP contribution in [-0.4, -0.2) is 21.0 Å². The van der Waals surface area contributed by atoms with Crippen LogP contribution in [0.4, 0.5) is 0 Å². The van der Waals surface area contributed by atoms with Crippen molar-refractivity contribution in [2.45, 2.75) is 50.6 Å². The highest BCUT2D eigenvalue weighted by molar-refractivity contribution is 5.84. The van der Waals surface area contributed by atoms with E-state index < -0.39 is 11.4 Å². The minimum Gasteiger partial charge on any atom is -0.368 e. The van der Waals surface area contributed by atoms with Crippen molar-refractivity contribution in [1.29, 1.82) is 0 Å². The van der Waals surface area contributed by atoms with E-state index in [2.05, 4.69) is 17.6 Å². The number of rotatable bonds is 3. The van der Waals surface area contributed by atoms with Gasteiger partial charge in [-0.05, 0) is 37.8 Å². The van der Waals surface area contributed by atoms with Crippen LogP contribution in [0.2, 0.25) is 0 Å². The van der Waals surface area contributed by atoms with Crippen LogP contribution in [0, 0.1) is 0 Å². The Hall–Kier alpha value is -1.88. The zero-order valence-electron chi connectivity index (χ0n) is 12.4. The second kappa shape index (κ2) is 5.15. The van der Waals surface area contributed by atoms with Crippen molar-refractivity contribution in [1.82, 2.24) is 9.55 Å². The quantitative estimate of drug-likeness (QED) is 0.903. The zero-order chi connectivity index (χ0) is 15.0. The van der Waals surface area contributed by atoms with Gasteiger partial charge in [0.15, 0.2) is 0 Å². The molecule has 112 valence electrons. The van der Waals surface area contributed by atoms with Crippen molar-refractivity contribution in [2.75, 3.05) is 0 Å². The molecule has 21 heavy (non-hydrogen) atoms. The highest BCUT2D eigenvalue weighted by Crippen LogP contribution is 2.36. The predicted octanol–water partition coefficient (Wildman–Crippen LogP) is 1.90. The molecule has 1 aliphatic carbocycles. The summed E-state index contributed by atoms with van der Waals surface area (Å²) < 4.78 is 2.26. The van der Waals surface area contributed by atoms with Gasteiger partial charge in [-0.25, -0.2) is 4.98 Å². The maximum atomic E-state index is 11.7. The Balaban J connectivity index is 2.05. The van der Waals surface area contributed by atoms with Crippen LogP contribution in [0.1, 0.15) is 44.5 Å². The molecular weight excluding hydrogens is 264 g/mol. The van der Waals surface area contributed by atoms with Crippen LogP contribution >= 0.6 is 0 Å². The smallest absolute Gasteiger partial charge is 0.237 e. The average Bonchev–Trinajstić information content (AvgIpc) is 2.85. The van der Waals surface area contributed by atoms with Gasteiger partial charge < -0.3 is 16.0 Å². The summed E-state index contributed by atoms with van der Waals surface area (Å²) in [4.78, 5) is 16.4. The molecule has 1 aromatic heterocycles. The van der Waals surface area contributed by atoms with Crippen LogP contribution < -0.4 is 11.5 Å². The lowest BCUT2D eigenvalue weighted by atomic mass is 9.79. The number of carbonyl (C=O) groups excluding carboxylic acids is 1. The lowest BCUT2D eigenvalue weighted by Crippen LogP contribution is -2.54. The van der Waals surface area contributed by atoms with Crippen molar-refractivity contribution in [3.8, 4) is 0 Å². The predicted molar refractivity (Wildman–Crippen MR) is 82.7 cm³/mol. The van der Waals surface area contributed by atoms with E-state index in [0.29, 0.717) is 12.8 Å². The van der Waals surface area contributed by atoms with Gasteiger partial charge in [-0.2, -0.15) is 0 Å². The summed E-state index contributed by atoms with van der Waals surface area (Å²) in [5.41, 5.74) is 13.0. The highest BCUT2D eigenvalue weighted by Gasteiger charge is 2.39. The Morgan fingerprint density at radius 3 is 2.95 bits per heavy atom. The summed E-state index contributed by atoms with van der Waals surface area (Å²) in [6.07, 6.45) is 4.06.